The Labute approximate surface area is 215 Å². The van der Waals surface area contributed by atoms with Crippen LogP contribution in [0.25, 0.3) is 10.9 Å². The molecule has 0 saturated heterocycles. The zero-order valence-corrected chi connectivity index (χ0v) is 20.9. The summed E-state index contributed by atoms with van der Waals surface area (Å²) < 4.78 is 5.31. The first-order valence-electron chi connectivity index (χ1n) is 12.3. The summed E-state index contributed by atoms with van der Waals surface area (Å²) in [5, 5.41) is 6.93. The van der Waals surface area contributed by atoms with Crippen molar-refractivity contribution in [2.24, 2.45) is 5.10 Å². The number of para-hydroxylation sites is 1. The minimum Gasteiger partial charge on any atom is -0.497 e. The van der Waals surface area contributed by atoms with Gasteiger partial charge in [-0.05, 0) is 41.9 Å². The fourth-order valence-electron chi connectivity index (χ4n) is 4.60. The van der Waals surface area contributed by atoms with Crippen LogP contribution in [0, 0.1) is 0 Å². The van der Waals surface area contributed by atoms with E-state index < -0.39 is 0 Å². The molecule has 4 aromatic rings. The van der Waals surface area contributed by atoms with Crippen molar-refractivity contribution in [3.8, 4) is 5.75 Å². The third-order valence-electron chi connectivity index (χ3n) is 6.61. The van der Waals surface area contributed by atoms with Gasteiger partial charge >= 0.3 is 0 Å². The fourth-order valence-corrected chi connectivity index (χ4v) is 4.60. The number of hydrazone groups is 1. The minimum atomic E-state index is -0.217. The van der Waals surface area contributed by atoms with Crippen molar-refractivity contribution in [1.82, 2.24) is 19.9 Å². The topological polar surface area (TPSA) is 90.9 Å². The van der Waals surface area contributed by atoms with E-state index in [9.17, 15) is 9.59 Å². The van der Waals surface area contributed by atoms with Gasteiger partial charge in [0.05, 0.1) is 42.9 Å². The quantitative estimate of drug-likeness (QED) is 0.397. The Hall–Kier alpha value is -4.30. The molecule has 1 N–H and O–H groups in total. The van der Waals surface area contributed by atoms with Crippen molar-refractivity contribution >= 4 is 22.5 Å². The van der Waals surface area contributed by atoms with Gasteiger partial charge in [-0.15, -0.1) is 0 Å². The molecule has 0 spiro atoms. The Bertz CT molecular complexity index is 1480. The van der Waals surface area contributed by atoms with Gasteiger partial charge in [0, 0.05) is 6.42 Å². The Morgan fingerprint density at radius 1 is 1.05 bits per heavy atom. The van der Waals surface area contributed by atoms with Crippen LogP contribution in [0.4, 0.5) is 0 Å². The fraction of sp³-hybridized carbons (Fsp3) is 0.241. The van der Waals surface area contributed by atoms with E-state index in [-0.39, 0.29) is 24.1 Å². The van der Waals surface area contributed by atoms with E-state index in [1.54, 1.807) is 18.2 Å². The number of methoxy groups -OCH3 is 1. The van der Waals surface area contributed by atoms with Crippen LogP contribution in [0.5, 0.6) is 5.75 Å². The number of rotatable bonds is 8. The predicted molar refractivity (Wildman–Crippen MR) is 143 cm³/mol. The normalized spacial score (nSPS) is 15.3. The molecule has 1 unspecified atom stereocenters. The van der Waals surface area contributed by atoms with Crippen molar-refractivity contribution < 1.29 is 9.53 Å². The van der Waals surface area contributed by atoms with Crippen LogP contribution >= 0.6 is 0 Å². The molecule has 1 aromatic heterocycles. The summed E-state index contributed by atoms with van der Waals surface area (Å²) in [5.74, 6) is 1.18. The van der Waals surface area contributed by atoms with Crippen LogP contribution in [0.3, 0.4) is 0 Å². The molecule has 188 valence electrons. The van der Waals surface area contributed by atoms with E-state index in [0.29, 0.717) is 36.2 Å². The van der Waals surface area contributed by atoms with Crippen molar-refractivity contribution in [3.05, 3.63) is 106 Å². The highest BCUT2D eigenvalue weighted by atomic mass is 16.5. The van der Waals surface area contributed by atoms with Gasteiger partial charge in [0.25, 0.3) is 11.5 Å². The van der Waals surface area contributed by atoms with Gasteiger partial charge in [0.2, 0.25) is 0 Å². The van der Waals surface area contributed by atoms with Crippen molar-refractivity contribution in [1.29, 1.82) is 0 Å². The minimum absolute atomic E-state index is 0.114. The lowest BCUT2D eigenvalue weighted by Crippen LogP contribution is -2.38. The smallest absolute Gasteiger partial charge is 0.258 e. The molecule has 0 bridgehead atoms. The van der Waals surface area contributed by atoms with Gasteiger partial charge in [-0.3, -0.25) is 14.5 Å². The molecule has 37 heavy (non-hydrogen) atoms. The van der Waals surface area contributed by atoms with E-state index in [1.807, 2.05) is 84.6 Å². The molecule has 1 aliphatic rings. The first-order chi connectivity index (χ1) is 18.1. The lowest BCUT2D eigenvalue weighted by molar-refractivity contribution is -0.134. The molecule has 3 aromatic carbocycles. The molecule has 8 heteroatoms. The number of hydrogen-bond donors (Lipinski definition) is 1. The third kappa shape index (κ3) is 5.29. The molecule has 0 fully saturated rings. The summed E-state index contributed by atoms with van der Waals surface area (Å²) in [5.41, 5.74) is 3.33. The Balaban J connectivity index is 1.39. The number of likely N-dealkylation sites (N-methyl/N-ethyl adjacent to an activating group) is 1. The number of hydrogen-bond acceptors (Lipinski definition) is 6. The Morgan fingerprint density at radius 3 is 2.51 bits per heavy atom. The van der Waals surface area contributed by atoms with Crippen molar-refractivity contribution in [3.63, 3.8) is 0 Å². The van der Waals surface area contributed by atoms with Crippen molar-refractivity contribution in [2.75, 3.05) is 20.2 Å². The highest BCUT2D eigenvalue weighted by Gasteiger charge is 2.33. The molecular formula is C29H29N5O3. The number of ether oxygens (including phenoxy) is 1. The maximum atomic E-state index is 13.6. The molecule has 1 amide bonds. The zero-order valence-electron chi connectivity index (χ0n) is 20.9. The van der Waals surface area contributed by atoms with Gasteiger partial charge in [-0.1, -0.05) is 61.5 Å². The second kappa shape index (κ2) is 10.8. The number of carbonyl (C=O) groups is 1. The number of aromatic amines is 1. The summed E-state index contributed by atoms with van der Waals surface area (Å²) in [6, 6.07) is 24.7. The first kappa shape index (κ1) is 24.4. The maximum absolute atomic E-state index is 13.6. The summed E-state index contributed by atoms with van der Waals surface area (Å²) in [6.45, 7) is 3.08. The SMILES string of the molecule is CCN(CC(=O)N1N=C(c2ccccc2)CC1c1ccc(OC)cc1)Cc1nc2ccccc2c(=O)[nH]1. The molecule has 8 nitrogen and oxygen atoms in total. The van der Waals surface area contributed by atoms with Gasteiger partial charge in [-0.2, -0.15) is 5.10 Å². The van der Waals surface area contributed by atoms with Crippen LogP contribution < -0.4 is 10.3 Å². The molecule has 2 heterocycles. The van der Waals surface area contributed by atoms with Gasteiger partial charge in [-0.25, -0.2) is 9.99 Å². The summed E-state index contributed by atoms with van der Waals surface area (Å²) in [7, 11) is 1.63. The second-order valence-electron chi connectivity index (χ2n) is 8.98. The van der Waals surface area contributed by atoms with Gasteiger partial charge in [0.15, 0.2) is 0 Å². The maximum Gasteiger partial charge on any atom is 0.258 e. The number of aromatic nitrogens is 2. The summed E-state index contributed by atoms with van der Waals surface area (Å²) in [6.07, 6.45) is 0.619. The number of amides is 1. The van der Waals surface area contributed by atoms with E-state index >= 15 is 0 Å². The number of H-pyrrole nitrogens is 1. The number of carbonyl (C=O) groups excluding carboxylic acids is 1. The molecule has 1 atom stereocenters. The van der Waals surface area contributed by atoms with E-state index in [0.717, 1.165) is 22.6 Å². The predicted octanol–water partition coefficient (Wildman–Crippen LogP) is 4.13. The third-order valence-corrected chi connectivity index (χ3v) is 6.61. The van der Waals surface area contributed by atoms with Crippen LogP contribution in [-0.2, 0) is 11.3 Å². The average Bonchev–Trinajstić information content (AvgIpc) is 3.39. The van der Waals surface area contributed by atoms with E-state index in [1.165, 1.54) is 0 Å². The summed E-state index contributed by atoms with van der Waals surface area (Å²) >= 11 is 0. The zero-order chi connectivity index (χ0) is 25.8. The summed E-state index contributed by atoms with van der Waals surface area (Å²) in [4.78, 5) is 35.5. The van der Waals surface area contributed by atoms with Crippen LogP contribution in [0.1, 0.15) is 36.3 Å². The number of fused-ring (bicyclic) bond motifs is 1. The standard InChI is InChI=1S/C29H29N5O3/c1-3-33(18-27-30-24-12-8-7-11-23(24)29(36)31-27)19-28(35)34-26(21-13-15-22(37-2)16-14-21)17-25(32-34)20-9-5-4-6-10-20/h4-16,26H,3,17-19H2,1-2H3,(H,30,31,36). The average molecular weight is 496 g/mol. The van der Waals surface area contributed by atoms with Crippen molar-refractivity contribution in [2.45, 2.75) is 25.9 Å². The second-order valence-corrected chi connectivity index (χ2v) is 8.98. The molecule has 5 rings (SSSR count). The highest BCUT2D eigenvalue weighted by molar-refractivity contribution is 6.03. The Kier molecular flexibility index (Phi) is 7.09. The lowest BCUT2D eigenvalue weighted by atomic mass is 9.98. The van der Waals surface area contributed by atoms with Crippen LogP contribution in [0.15, 0.2) is 88.8 Å². The number of nitrogens with one attached hydrogen (secondary N) is 1. The molecule has 1 aliphatic heterocycles. The first-order valence-corrected chi connectivity index (χ1v) is 12.3. The van der Waals surface area contributed by atoms with Crippen LogP contribution in [-0.4, -0.2) is 51.7 Å². The largest absolute Gasteiger partial charge is 0.497 e. The lowest BCUT2D eigenvalue weighted by Gasteiger charge is -2.26. The molecule has 0 radical (unpaired) electrons. The molecular weight excluding hydrogens is 466 g/mol. The molecule has 0 saturated carbocycles. The van der Waals surface area contributed by atoms with Gasteiger partial charge < -0.3 is 9.72 Å². The van der Waals surface area contributed by atoms with Crippen LogP contribution in [0.2, 0.25) is 0 Å². The molecule has 0 aliphatic carbocycles. The van der Waals surface area contributed by atoms with E-state index in [2.05, 4.69) is 9.97 Å². The van der Waals surface area contributed by atoms with E-state index in [4.69, 9.17) is 9.84 Å². The monoisotopic (exact) mass is 495 g/mol. The highest BCUT2D eigenvalue weighted by Crippen LogP contribution is 2.33. The van der Waals surface area contributed by atoms with Gasteiger partial charge in [0.1, 0.15) is 11.6 Å². The Morgan fingerprint density at radius 2 is 1.78 bits per heavy atom. The number of nitrogens with zero attached hydrogens (tertiary/aromatic N) is 4. The number of benzene rings is 3.